The van der Waals surface area contributed by atoms with E-state index in [1.54, 1.807) is 23.9 Å². The van der Waals surface area contributed by atoms with Gasteiger partial charge in [0, 0.05) is 27.2 Å². The van der Waals surface area contributed by atoms with Crippen molar-refractivity contribution in [1.29, 1.82) is 0 Å². The first-order valence-corrected chi connectivity index (χ1v) is 9.49. The number of benzene rings is 1. The molecule has 2 rings (SSSR count). The molecule has 26 heavy (non-hydrogen) atoms. The maximum atomic E-state index is 12.9. The van der Waals surface area contributed by atoms with Crippen LogP contribution in [-0.2, 0) is 4.79 Å². The molecule has 1 fully saturated rings. The van der Waals surface area contributed by atoms with Gasteiger partial charge in [0.05, 0.1) is 12.0 Å². The molecule has 1 aromatic carbocycles. The number of hydrogen-bond donors (Lipinski definition) is 1. The highest BCUT2D eigenvalue weighted by atomic mass is 16.2. The van der Waals surface area contributed by atoms with Gasteiger partial charge in [-0.3, -0.25) is 4.79 Å². The van der Waals surface area contributed by atoms with Gasteiger partial charge in [-0.05, 0) is 30.2 Å². The topological polar surface area (TPSA) is 52.7 Å². The van der Waals surface area contributed by atoms with Gasteiger partial charge >= 0.3 is 6.03 Å². The number of carbonyl (C=O) groups excluding carboxylic acids is 2. The molecule has 1 heterocycles. The Balaban J connectivity index is 2.07. The van der Waals surface area contributed by atoms with Crippen LogP contribution < -0.4 is 5.32 Å². The molecule has 0 unspecified atom stereocenters. The van der Waals surface area contributed by atoms with E-state index in [-0.39, 0.29) is 29.3 Å². The Labute approximate surface area is 157 Å². The van der Waals surface area contributed by atoms with Crippen molar-refractivity contribution < 1.29 is 9.59 Å². The number of likely N-dealkylation sites (tertiary alicyclic amines) is 1. The van der Waals surface area contributed by atoms with Crippen molar-refractivity contribution in [2.45, 2.75) is 46.1 Å². The van der Waals surface area contributed by atoms with Crippen LogP contribution in [0.5, 0.6) is 0 Å². The van der Waals surface area contributed by atoms with Crippen molar-refractivity contribution in [3.8, 4) is 0 Å². The summed E-state index contributed by atoms with van der Waals surface area (Å²) in [4.78, 5) is 28.5. The van der Waals surface area contributed by atoms with Crippen molar-refractivity contribution in [2.75, 3.05) is 27.2 Å². The number of hydrogen-bond acceptors (Lipinski definition) is 2. The maximum absolute atomic E-state index is 12.9. The molecule has 1 N–H and O–H groups in total. The molecule has 5 nitrogen and oxygen atoms in total. The highest BCUT2D eigenvalue weighted by Gasteiger charge is 2.31. The molecule has 0 bridgehead atoms. The molecule has 1 aliphatic heterocycles. The average molecular weight is 360 g/mol. The molecule has 0 saturated carbocycles. The van der Waals surface area contributed by atoms with E-state index >= 15 is 0 Å². The summed E-state index contributed by atoms with van der Waals surface area (Å²) in [6.07, 6.45) is 2.57. The Bertz CT molecular complexity index is 607. The van der Waals surface area contributed by atoms with E-state index < -0.39 is 0 Å². The molecule has 0 radical (unpaired) electrons. The summed E-state index contributed by atoms with van der Waals surface area (Å²) in [5.74, 6) is -0.0850. The van der Waals surface area contributed by atoms with Gasteiger partial charge in [0.25, 0.3) is 0 Å². The van der Waals surface area contributed by atoms with Crippen LogP contribution in [-0.4, -0.2) is 48.9 Å². The molecule has 144 valence electrons. The second kappa shape index (κ2) is 8.56. The van der Waals surface area contributed by atoms with Crippen LogP contribution in [0.4, 0.5) is 4.79 Å². The van der Waals surface area contributed by atoms with Crippen LogP contribution >= 0.6 is 0 Å². The average Bonchev–Trinajstić information content (AvgIpc) is 2.60. The molecule has 0 spiro atoms. The summed E-state index contributed by atoms with van der Waals surface area (Å²) < 4.78 is 0. The minimum atomic E-state index is -0.140. The third-order valence-corrected chi connectivity index (χ3v) is 4.78. The van der Waals surface area contributed by atoms with Crippen molar-refractivity contribution >= 4 is 11.9 Å². The van der Waals surface area contributed by atoms with E-state index in [1.807, 2.05) is 18.2 Å². The second-order valence-electron chi connectivity index (χ2n) is 8.70. The zero-order valence-corrected chi connectivity index (χ0v) is 16.8. The van der Waals surface area contributed by atoms with Crippen LogP contribution in [0, 0.1) is 11.3 Å². The van der Waals surface area contributed by atoms with Gasteiger partial charge in [-0.2, -0.15) is 0 Å². The normalized spacial score (nSPS) is 19.0. The molecule has 1 saturated heterocycles. The molecule has 1 aliphatic rings. The SMILES string of the molecule is CN(C)C(=O)N1CCC[C@H](C(=O)N[C@H](CC(C)(C)C)c2ccccc2)C1. The van der Waals surface area contributed by atoms with Crippen molar-refractivity contribution in [2.24, 2.45) is 11.3 Å². The molecule has 2 atom stereocenters. The first kappa shape index (κ1) is 20.3. The summed E-state index contributed by atoms with van der Waals surface area (Å²) in [6, 6.07) is 10.1. The van der Waals surface area contributed by atoms with Gasteiger partial charge in [-0.15, -0.1) is 0 Å². The Hall–Kier alpha value is -2.04. The molecular weight excluding hydrogens is 326 g/mol. The Morgan fingerprint density at radius 1 is 1.23 bits per heavy atom. The smallest absolute Gasteiger partial charge is 0.319 e. The highest BCUT2D eigenvalue weighted by Crippen LogP contribution is 2.30. The van der Waals surface area contributed by atoms with Crippen molar-refractivity contribution in [3.63, 3.8) is 0 Å². The second-order valence-corrected chi connectivity index (χ2v) is 8.70. The first-order valence-electron chi connectivity index (χ1n) is 9.49. The number of piperidine rings is 1. The van der Waals surface area contributed by atoms with E-state index in [9.17, 15) is 9.59 Å². The van der Waals surface area contributed by atoms with Gasteiger partial charge in [-0.1, -0.05) is 51.1 Å². The van der Waals surface area contributed by atoms with Gasteiger partial charge in [0.2, 0.25) is 5.91 Å². The molecular formula is C21H33N3O2. The standard InChI is InChI=1S/C21H33N3O2/c1-21(2,3)14-18(16-10-7-6-8-11-16)22-19(25)17-12-9-13-24(15-17)20(26)23(4)5/h6-8,10-11,17-18H,9,12-15H2,1-5H3,(H,22,25)/t17-,18+/m0/s1. The predicted molar refractivity (Wildman–Crippen MR) is 105 cm³/mol. The summed E-state index contributed by atoms with van der Waals surface area (Å²) in [5.41, 5.74) is 1.24. The fourth-order valence-electron chi connectivity index (χ4n) is 3.49. The van der Waals surface area contributed by atoms with Gasteiger partial charge < -0.3 is 15.1 Å². The van der Waals surface area contributed by atoms with Crippen LogP contribution in [0.3, 0.4) is 0 Å². The zero-order valence-electron chi connectivity index (χ0n) is 16.8. The van der Waals surface area contributed by atoms with Crippen LogP contribution in [0.15, 0.2) is 30.3 Å². The van der Waals surface area contributed by atoms with E-state index in [4.69, 9.17) is 0 Å². The summed E-state index contributed by atoms with van der Waals surface area (Å²) in [6.45, 7) is 7.79. The molecule has 0 aromatic heterocycles. The lowest BCUT2D eigenvalue weighted by molar-refractivity contribution is -0.127. The zero-order chi connectivity index (χ0) is 19.3. The molecule has 5 heteroatoms. The van der Waals surface area contributed by atoms with Gasteiger partial charge in [0.15, 0.2) is 0 Å². The lowest BCUT2D eigenvalue weighted by Gasteiger charge is -2.35. The lowest BCUT2D eigenvalue weighted by atomic mass is 9.85. The number of urea groups is 1. The summed E-state index contributed by atoms with van der Waals surface area (Å²) in [7, 11) is 3.50. The fraction of sp³-hybridized carbons (Fsp3) is 0.619. The summed E-state index contributed by atoms with van der Waals surface area (Å²) in [5, 5.41) is 3.26. The Kier molecular flexibility index (Phi) is 6.68. The van der Waals surface area contributed by atoms with Crippen LogP contribution in [0.2, 0.25) is 0 Å². The third-order valence-electron chi connectivity index (χ3n) is 4.78. The molecule has 3 amide bonds. The van der Waals surface area contributed by atoms with E-state index in [1.165, 1.54) is 0 Å². The number of rotatable bonds is 4. The van der Waals surface area contributed by atoms with Crippen molar-refractivity contribution in [1.82, 2.24) is 15.1 Å². The van der Waals surface area contributed by atoms with E-state index in [0.717, 1.165) is 31.4 Å². The Morgan fingerprint density at radius 3 is 2.46 bits per heavy atom. The highest BCUT2D eigenvalue weighted by molar-refractivity contribution is 5.81. The summed E-state index contributed by atoms with van der Waals surface area (Å²) >= 11 is 0. The molecule has 0 aliphatic carbocycles. The number of nitrogens with zero attached hydrogens (tertiary/aromatic N) is 2. The third kappa shape index (κ3) is 5.75. The largest absolute Gasteiger partial charge is 0.349 e. The van der Waals surface area contributed by atoms with Gasteiger partial charge in [0.1, 0.15) is 0 Å². The maximum Gasteiger partial charge on any atom is 0.319 e. The quantitative estimate of drug-likeness (QED) is 0.892. The Morgan fingerprint density at radius 2 is 1.88 bits per heavy atom. The number of amides is 3. The fourth-order valence-corrected chi connectivity index (χ4v) is 3.49. The van der Waals surface area contributed by atoms with Crippen LogP contribution in [0.1, 0.15) is 51.6 Å². The monoisotopic (exact) mass is 359 g/mol. The van der Waals surface area contributed by atoms with Crippen LogP contribution in [0.25, 0.3) is 0 Å². The first-order chi connectivity index (χ1) is 12.2. The molecule has 1 aromatic rings. The van der Waals surface area contributed by atoms with Crippen molar-refractivity contribution in [3.05, 3.63) is 35.9 Å². The number of carbonyl (C=O) groups is 2. The lowest BCUT2D eigenvalue weighted by Crippen LogP contribution is -2.49. The van der Waals surface area contributed by atoms with E-state index in [2.05, 4.69) is 38.2 Å². The minimum absolute atomic E-state index is 0.0105. The van der Waals surface area contributed by atoms with E-state index in [0.29, 0.717) is 6.54 Å². The minimum Gasteiger partial charge on any atom is -0.349 e. The number of nitrogens with one attached hydrogen (secondary N) is 1. The predicted octanol–water partition coefficient (Wildman–Crippen LogP) is 3.67. The van der Waals surface area contributed by atoms with Gasteiger partial charge in [-0.25, -0.2) is 4.79 Å².